The van der Waals surface area contributed by atoms with Crippen molar-refractivity contribution in [1.82, 2.24) is 19.8 Å². The molecule has 6 nitrogen and oxygen atoms in total. The highest BCUT2D eigenvalue weighted by molar-refractivity contribution is 7.89. The predicted molar refractivity (Wildman–Crippen MR) is 66.6 cm³/mol. The van der Waals surface area contributed by atoms with E-state index in [9.17, 15) is 21.6 Å². The summed E-state index contributed by atoms with van der Waals surface area (Å²) in [5.41, 5.74) is 0.394. The van der Waals surface area contributed by atoms with Crippen molar-refractivity contribution in [2.24, 2.45) is 0 Å². The van der Waals surface area contributed by atoms with Gasteiger partial charge in [-0.1, -0.05) is 6.92 Å². The van der Waals surface area contributed by atoms with Gasteiger partial charge in [-0.05, 0) is 13.5 Å². The van der Waals surface area contributed by atoms with Crippen molar-refractivity contribution in [1.29, 1.82) is 0 Å². The molecule has 10 heteroatoms. The monoisotopic (exact) mass is 314 g/mol. The lowest BCUT2D eigenvalue weighted by atomic mass is 10.3. The average Bonchev–Trinajstić information content (AvgIpc) is 2.66. The molecule has 20 heavy (non-hydrogen) atoms. The van der Waals surface area contributed by atoms with E-state index in [1.165, 1.54) is 6.92 Å². The lowest BCUT2D eigenvalue weighted by molar-refractivity contribution is -0.134. The van der Waals surface area contributed by atoms with Gasteiger partial charge in [0.05, 0.1) is 11.4 Å². The Morgan fingerprint density at radius 2 is 2.00 bits per heavy atom. The third-order valence-corrected chi connectivity index (χ3v) is 4.58. The Morgan fingerprint density at radius 1 is 1.40 bits per heavy atom. The molecule has 0 atom stereocenters. The van der Waals surface area contributed by atoms with Gasteiger partial charge in [-0.25, -0.2) is 8.42 Å². The lowest BCUT2D eigenvalue weighted by Crippen LogP contribution is -2.36. The fourth-order valence-corrected chi connectivity index (χ4v) is 3.14. The summed E-state index contributed by atoms with van der Waals surface area (Å²) < 4.78 is 61.7. The average molecular weight is 314 g/mol. The second kappa shape index (κ2) is 6.10. The topological polar surface area (TPSA) is 78.1 Å². The summed E-state index contributed by atoms with van der Waals surface area (Å²) in [6, 6.07) is 0. The zero-order valence-electron chi connectivity index (χ0n) is 11.4. The molecule has 1 heterocycles. The van der Waals surface area contributed by atoms with Crippen LogP contribution in [0.25, 0.3) is 0 Å². The van der Waals surface area contributed by atoms with E-state index in [-0.39, 0.29) is 27.1 Å². The van der Waals surface area contributed by atoms with Gasteiger partial charge in [0.1, 0.15) is 11.4 Å². The van der Waals surface area contributed by atoms with E-state index in [0.29, 0.717) is 6.54 Å². The summed E-state index contributed by atoms with van der Waals surface area (Å²) in [5.74, 6) is 0. The first-order chi connectivity index (χ1) is 9.09. The predicted octanol–water partition coefficient (Wildman–Crippen LogP) is 1.01. The number of hydrogen-bond donors (Lipinski definition) is 2. The van der Waals surface area contributed by atoms with Crippen LogP contribution in [0.15, 0.2) is 4.90 Å². The van der Waals surface area contributed by atoms with Crippen LogP contribution in [-0.2, 0) is 16.6 Å². The van der Waals surface area contributed by atoms with Crippen LogP contribution in [0.5, 0.6) is 0 Å². The first kappa shape index (κ1) is 16.9. The molecule has 0 unspecified atom stereocenters. The molecule has 2 N–H and O–H groups in total. The fourth-order valence-electron chi connectivity index (χ4n) is 1.67. The number of H-pyrrole nitrogens is 1. The highest BCUT2D eigenvalue weighted by Crippen LogP contribution is 2.24. The molecule has 0 saturated carbocycles. The maximum absolute atomic E-state index is 12.3. The number of aromatic amines is 1. The van der Waals surface area contributed by atoms with Crippen LogP contribution in [0.4, 0.5) is 13.2 Å². The fraction of sp³-hybridized carbons (Fsp3) is 0.700. The van der Waals surface area contributed by atoms with E-state index in [1.54, 1.807) is 0 Å². The maximum Gasteiger partial charge on any atom is 0.402 e. The lowest BCUT2D eigenvalue weighted by Gasteiger charge is -2.19. The Labute approximate surface area is 115 Å². The van der Waals surface area contributed by atoms with Crippen LogP contribution in [0.1, 0.15) is 18.3 Å². The molecule has 0 aliphatic heterocycles. The van der Waals surface area contributed by atoms with E-state index in [0.717, 1.165) is 7.05 Å². The molecular weight excluding hydrogens is 297 g/mol. The minimum absolute atomic E-state index is 0.162. The molecule has 1 aromatic heterocycles. The van der Waals surface area contributed by atoms with Gasteiger partial charge in [0.2, 0.25) is 10.0 Å². The summed E-state index contributed by atoms with van der Waals surface area (Å²) in [5, 5.41) is 9.21. The Hall–Kier alpha value is -1.13. The third kappa shape index (κ3) is 3.93. The van der Waals surface area contributed by atoms with Crippen LogP contribution in [0, 0.1) is 6.92 Å². The quantitative estimate of drug-likeness (QED) is 0.821. The van der Waals surface area contributed by atoms with Crippen molar-refractivity contribution in [2.75, 3.05) is 20.1 Å². The van der Waals surface area contributed by atoms with Crippen molar-refractivity contribution in [2.45, 2.75) is 31.5 Å². The van der Waals surface area contributed by atoms with Crippen molar-refractivity contribution in [3.05, 3.63) is 11.4 Å². The number of aromatic nitrogens is 2. The molecule has 0 fully saturated rings. The highest BCUT2D eigenvalue weighted by atomic mass is 32.2. The van der Waals surface area contributed by atoms with Crippen molar-refractivity contribution in [3.8, 4) is 0 Å². The van der Waals surface area contributed by atoms with Gasteiger partial charge in [0.25, 0.3) is 0 Å². The normalized spacial score (nSPS) is 13.2. The number of alkyl halides is 3. The molecular formula is C10H17F3N4O2S. The van der Waals surface area contributed by atoms with Gasteiger partial charge in [0.15, 0.2) is 0 Å². The molecule has 0 aromatic carbocycles. The van der Waals surface area contributed by atoms with Crippen LogP contribution in [0.2, 0.25) is 0 Å². The molecule has 0 radical (unpaired) electrons. The number of nitrogens with zero attached hydrogens (tertiary/aromatic N) is 2. The van der Waals surface area contributed by atoms with E-state index in [1.807, 2.05) is 6.92 Å². The van der Waals surface area contributed by atoms with Gasteiger partial charge in [-0.3, -0.25) is 5.10 Å². The minimum atomic E-state index is -4.60. The number of aryl methyl sites for hydroxylation is 1. The molecule has 0 aliphatic carbocycles. The van der Waals surface area contributed by atoms with Gasteiger partial charge in [-0.15, -0.1) is 0 Å². The Kier molecular flexibility index (Phi) is 5.16. The number of sulfonamides is 1. The van der Waals surface area contributed by atoms with E-state index < -0.39 is 22.7 Å². The van der Waals surface area contributed by atoms with Crippen molar-refractivity contribution >= 4 is 10.0 Å². The minimum Gasteiger partial charge on any atom is -0.311 e. The maximum atomic E-state index is 12.3. The number of rotatable bonds is 6. The van der Waals surface area contributed by atoms with Crippen molar-refractivity contribution < 1.29 is 21.6 Å². The van der Waals surface area contributed by atoms with Crippen LogP contribution in [0.3, 0.4) is 0 Å². The smallest absolute Gasteiger partial charge is 0.311 e. The van der Waals surface area contributed by atoms with E-state index >= 15 is 0 Å². The van der Waals surface area contributed by atoms with E-state index in [4.69, 9.17) is 0 Å². The molecule has 0 aliphatic rings. The molecule has 1 rings (SSSR count). The third-order valence-electron chi connectivity index (χ3n) is 2.57. The molecule has 0 amide bonds. The Morgan fingerprint density at radius 3 is 2.50 bits per heavy atom. The largest absolute Gasteiger partial charge is 0.402 e. The van der Waals surface area contributed by atoms with Gasteiger partial charge in [-0.2, -0.15) is 22.6 Å². The van der Waals surface area contributed by atoms with Gasteiger partial charge >= 0.3 is 6.18 Å². The second-order valence-corrected chi connectivity index (χ2v) is 6.26. The van der Waals surface area contributed by atoms with Gasteiger partial charge < -0.3 is 5.32 Å². The molecule has 0 spiro atoms. The number of hydrogen-bond acceptors (Lipinski definition) is 4. The molecule has 1 aromatic rings. The van der Waals surface area contributed by atoms with Crippen molar-refractivity contribution in [3.63, 3.8) is 0 Å². The Balaban J connectivity index is 3.12. The molecule has 0 saturated heterocycles. The van der Waals surface area contributed by atoms with Crippen LogP contribution >= 0.6 is 0 Å². The zero-order chi connectivity index (χ0) is 15.6. The SMILES string of the molecule is CCNCc1n[nH]c(C)c1S(=O)(=O)N(C)CC(F)(F)F. The summed E-state index contributed by atoms with van der Waals surface area (Å²) in [6.07, 6.45) is -4.60. The Bertz CT molecular complexity index is 553. The molecule has 116 valence electrons. The second-order valence-electron chi connectivity index (χ2n) is 4.28. The number of nitrogens with one attached hydrogen (secondary N) is 2. The zero-order valence-corrected chi connectivity index (χ0v) is 12.2. The highest BCUT2D eigenvalue weighted by Gasteiger charge is 2.37. The number of halogens is 3. The van der Waals surface area contributed by atoms with Crippen LogP contribution < -0.4 is 5.32 Å². The summed E-state index contributed by atoms with van der Waals surface area (Å²) >= 11 is 0. The first-order valence-corrected chi connectivity index (χ1v) is 7.31. The summed E-state index contributed by atoms with van der Waals surface area (Å²) in [6.45, 7) is 2.49. The molecule has 0 bridgehead atoms. The van der Waals surface area contributed by atoms with Gasteiger partial charge in [0, 0.05) is 13.6 Å². The van der Waals surface area contributed by atoms with E-state index in [2.05, 4.69) is 15.5 Å². The summed E-state index contributed by atoms with van der Waals surface area (Å²) in [7, 11) is -3.35. The van der Waals surface area contributed by atoms with Crippen LogP contribution in [-0.4, -0.2) is 49.2 Å². The standard InChI is InChI=1S/C10H17F3N4O2S/c1-4-14-5-8-9(7(2)15-16-8)20(18,19)17(3)6-10(11,12)13/h14H,4-6H2,1-3H3,(H,15,16). The first-order valence-electron chi connectivity index (χ1n) is 5.87. The summed E-state index contributed by atoms with van der Waals surface area (Å²) in [4.78, 5) is -0.204.